The van der Waals surface area contributed by atoms with Crippen molar-refractivity contribution in [3.63, 3.8) is 0 Å². The second-order valence-electron chi connectivity index (χ2n) is 2.38. The molecule has 1 aromatic rings. The first-order valence-corrected chi connectivity index (χ1v) is 4.37. The van der Waals surface area contributed by atoms with Crippen LogP contribution in [0.1, 0.15) is 25.8 Å². The molecule has 0 aliphatic heterocycles. The highest BCUT2D eigenvalue weighted by Gasteiger charge is 2.11. The van der Waals surface area contributed by atoms with Crippen LogP contribution >= 0.6 is 0 Å². The molecule has 0 fully saturated rings. The lowest BCUT2D eigenvalue weighted by Crippen LogP contribution is -2.10. The van der Waals surface area contributed by atoms with Gasteiger partial charge in [0.15, 0.2) is 0 Å². The maximum Gasteiger partial charge on any atom is 0.201 e. The van der Waals surface area contributed by atoms with Gasteiger partial charge in [-0.25, -0.2) is 9.97 Å². The van der Waals surface area contributed by atoms with Crippen LogP contribution in [0.3, 0.4) is 0 Å². The number of aromatic nitrogens is 2. The lowest BCUT2D eigenvalue weighted by Gasteiger charge is -2.15. The first-order valence-electron chi connectivity index (χ1n) is 4.37. The summed E-state index contributed by atoms with van der Waals surface area (Å²) >= 11 is 0. The van der Waals surface area contributed by atoms with E-state index in [1.165, 1.54) is 6.33 Å². The Labute approximate surface area is 77.9 Å². The smallest absolute Gasteiger partial charge is 0.201 e. The quantitative estimate of drug-likeness (QED) is 0.648. The maximum absolute atomic E-state index is 5.36. The Kier molecular flexibility index (Phi) is 4.35. The van der Waals surface area contributed by atoms with E-state index < -0.39 is 0 Å². The van der Waals surface area contributed by atoms with Crippen molar-refractivity contribution in [2.75, 3.05) is 13.2 Å². The lowest BCUT2D eigenvalue weighted by molar-refractivity contribution is -0.142. The fourth-order valence-electron chi connectivity index (χ4n) is 0.962. The molecule has 0 radical (unpaired) electrons. The van der Waals surface area contributed by atoms with Gasteiger partial charge in [0.2, 0.25) is 6.29 Å². The van der Waals surface area contributed by atoms with Crippen molar-refractivity contribution in [1.82, 2.24) is 9.97 Å². The van der Waals surface area contributed by atoms with Crippen LogP contribution in [0.4, 0.5) is 0 Å². The lowest BCUT2D eigenvalue weighted by atomic mass is 10.4. The van der Waals surface area contributed by atoms with E-state index in [-0.39, 0.29) is 6.29 Å². The second-order valence-corrected chi connectivity index (χ2v) is 2.38. The Bertz CT molecular complexity index is 222. The highest BCUT2D eigenvalue weighted by molar-refractivity contribution is 4.99. The Balaban J connectivity index is 2.64. The molecular formula is C9H14N2O2. The van der Waals surface area contributed by atoms with Gasteiger partial charge in [0.05, 0.1) is 5.69 Å². The fraction of sp³-hybridized carbons (Fsp3) is 0.556. The van der Waals surface area contributed by atoms with Crippen molar-refractivity contribution < 1.29 is 9.47 Å². The van der Waals surface area contributed by atoms with Crippen LogP contribution < -0.4 is 0 Å². The summed E-state index contributed by atoms with van der Waals surface area (Å²) in [4.78, 5) is 7.88. The van der Waals surface area contributed by atoms with E-state index >= 15 is 0 Å². The zero-order chi connectivity index (χ0) is 9.52. The number of nitrogens with zero attached hydrogens (tertiary/aromatic N) is 2. The highest BCUT2D eigenvalue weighted by atomic mass is 16.7. The van der Waals surface area contributed by atoms with Gasteiger partial charge in [-0.3, -0.25) is 0 Å². The fourth-order valence-corrected chi connectivity index (χ4v) is 0.962. The summed E-state index contributed by atoms with van der Waals surface area (Å²) in [5.41, 5.74) is 0.763. The zero-order valence-corrected chi connectivity index (χ0v) is 7.93. The van der Waals surface area contributed by atoms with Crippen LogP contribution in [0, 0.1) is 0 Å². The van der Waals surface area contributed by atoms with Crippen LogP contribution in [0.15, 0.2) is 18.6 Å². The number of rotatable bonds is 5. The molecule has 0 amide bonds. The van der Waals surface area contributed by atoms with E-state index in [1.54, 1.807) is 12.3 Å². The molecule has 0 aromatic carbocycles. The Morgan fingerprint density at radius 2 is 2.00 bits per heavy atom. The van der Waals surface area contributed by atoms with E-state index in [1.807, 2.05) is 13.8 Å². The number of hydrogen-bond donors (Lipinski definition) is 0. The van der Waals surface area contributed by atoms with Crippen LogP contribution in [0.2, 0.25) is 0 Å². The third-order valence-corrected chi connectivity index (χ3v) is 1.48. The van der Waals surface area contributed by atoms with Crippen LogP contribution in [-0.4, -0.2) is 23.2 Å². The topological polar surface area (TPSA) is 44.2 Å². The molecule has 1 heterocycles. The predicted octanol–water partition coefficient (Wildman–Crippen LogP) is 1.55. The first kappa shape index (κ1) is 10.1. The summed E-state index contributed by atoms with van der Waals surface area (Å²) in [6.45, 7) is 5.06. The minimum Gasteiger partial charge on any atom is -0.347 e. The third kappa shape index (κ3) is 3.08. The molecule has 0 saturated heterocycles. The van der Waals surface area contributed by atoms with E-state index in [0.29, 0.717) is 13.2 Å². The van der Waals surface area contributed by atoms with Gasteiger partial charge in [0, 0.05) is 19.4 Å². The van der Waals surface area contributed by atoms with Crippen LogP contribution in [0.25, 0.3) is 0 Å². The summed E-state index contributed by atoms with van der Waals surface area (Å²) in [5, 5.41) is 0. The van der Waals surface area contributed by atoms with E-state index in [9.17, 15) is 0 Å². The van der Waals surface area contributed by atoms with Crippen molar-refractivity contribution >= 4 is 0 Å². The molecular weight excluding hydrogens is 168 g/mol. The Morgan fingerprint density at radius 1 is 1.31 bits per heavy atom. The number of hydrogen-bond acceptors (Lipinski definition) is 4. The van der Waals surface area contributed by atoms with Gasteiger partial charge in [-0.1, -0.05) is 0 Å². The van der Waals surface area contributed by atoms with Crippen LogP contribution in [-0.2, 0) is 9.47 Å². The van der Waals surface area contributed by atoms with Crippen molar-refractivity contribution in [3.8, 4) is 0 Å². The van der Waals surface area contributed by atoms with E-state index in [0.717, 1.165) is 5.69 Å². The minimum atomic E-state index is -0.363. The van der Waals surface area contributed by atoms with Gasteiger partial charge >= 0.3 is 0 Å². The Morgan fingerprint density at radius 3 is 2.46 bits per heavy atom. The molecule has 0 atom stereocenters. The molecule has 0 aliphatic rings. The molecule has 0 unspecified atom stereocenters. The summed E-state index contributed by atoms with van der Waals surface area (Å²) in [6.07, 6.45) is 2.80. The average Bonchev–Trinajstić information content (AvgIpc) is 2.19. The SMILES string of the molecule is CCOC(OCC)c1ccncn1. The van der Waals surface area contributed by atoms with Crippen molar-refractivity contribution in [3.05, 3.63) is 24.3 Å². The summed E-state index contributed by atoms with van der Waals surface area (Å²) in [5.74, 6) is 0. The molecule has 13 heavy (non-hydrogen) atoms. The normalized spacial score (nSPS) is 10.7. The minimum absolute atomic E-state index is 0.363. The van der Waals surface area contributed by atoms with Gasteiger partial charge in [-0.15, -0.1) is 0 Å². The van der Waals surface area contributed by atoms with Crippen molar-refractivity contribution in [1.29, 1.82) is 0 Å². The van der Waals surface area contributed by atoms with Gasteiger partial charge in [-0.05, 0) is 19.9 Å². The Hall–Kier alpha value is -1.00. The molecule has 0 N–H and O–H groups in total. The second kappa shape index (κ2) is 5.61. The molecule has 4 heteroatoms. The maximum atomic E-state index is 5.36. The molecule has 0 bridgehead atoms. The molecule has 0 saturated carbocycles. The summed E-state index contributed by atoms with van der Waals surface area (Å²) < 4.78 is 10.7. The van der Waals surface area contributed by atoms with Crippen molar-refractivity contribution in [2.24, 2.45) is 0 Å². The van der Waals surface area contributed by atoms with Crippen molar-refractivity contribution in [2.45, 2.75) is 20.1 Å². The van der Waals surface area contributed by atoms with Crippen LogP contribution in [0.5, 0.6) is 0 Å². The zero-order valence-electron chi connectivity index (χ0n) is 7.93. The average molecular weight is 182 g/mol. The molecule has 4 nitrogen and oxygen atoms in total. The largest absolute Gasteiger partial charge is 0.347 e. The van der Waals surface area contributed by atoms with Gasteiger partial charge in [-0.2, -0.15) is 0 Å². The van der Waals surface area contributed by atoms with E-state index in [4.69, 9.17) is 9.47 Å². The summed E-state index contributed by atoms with van der Waals surface area (Å²) in [6, 6.07) is 1.79. The monoisotopic (exact) mass is 182 g/mol. The standard InChI is InChI=1S/C9H14N2O2/c1-3-12-9(13-4-2)8-5-6-10-7-11-8/h5-7,9H,3-4H2,1-2H3. The van der Waals surface area contributed by atoms with Gasteiger partial charge in [0.25, 0.3) is 0 Å². The molecule has 1 aromatic heterocycles. The molecule has 72 valence electrons. The number of ether oxygens (including phenoxy) is 2. The summed E-state index contributed by atoms with van der Waals surface area (Å²) in [7, 11) is 0. The van der Waals surface area contributed by atoms with Gasteiger partial charge in [0.1, 0.15) is 6.33 Å². The molecule has 0 aliphatic carbocycles. The van der Waals surface area contributed by atoms with Gasteiger partial charge < -0.3 is 9.47 Å². The first-order chi connectivity index (χ1) is 6.38. The molecule has 0 spiro atoms. The highest BCUT2D eigenvalue weighted by Crippen LogP contribution is 2.14. The third-order valence-electron chi connectivity index (χ3n) is 1.48. The van der Waals surface area contributed by atoms with E-state index in [2.05, 4.69) is 9.97 Å². The predicted molar refractivity (Wildman–Crippen MR) is 48.0 cm³/mol. The molecule has 1 rings (SSSR count).